The molecule has 240 valence electrons. The molecule has 3 N–H and O–H groups in total. The molecule has 0 aliphatic carbocycles. The van der Waals surface area contributed by atoms with Crippen LogP contribution in [0.1, 0.15) is 115 Å². The zero-order valence-corrected chi connectivity index (χ0v) is 27.6. The molecule has 4 heterocycles. The van der Waals surface area contributed by atoms with Gasteiger partial charge in [-0.1, -0.05) is 26.3 Å². The summed E-state index contributed by atoms with van der Waals surface area (Å²) in [7, 11) is 0. The Morgan fingerprint density at radius 1 is 1.07 bits per heavy atom. The minimum Gasteiger partial charge on any atom is -0.444 e. The van der Waals surface area contributed by atoms with Gasteiger partial charge in [0.15, 0.2) is 0 Å². The van der Waals surface area contributed by atoms with E-state index in [1.807, 2.05) is 43.9 Å². The van der Waals surface area contributed by atoms with E-state index in [4.69, 9.17) is 4.74 Å². The van der Waals surface area contributed by atoms with Crippen LogP contribution < -0.4 is 10.6 Å². The Hall–Kier alpha value is -2.65. The summed E-state index contributed by atoms with van der Waals surface area (Å²) in [5.74, 6) is 1.80. The van der Waals surface area contributed by atoms with Gasteiger partial charge in [-0.05, 0) is 117 Å². The third kappa shape index (κ3) is 9.42. The van der Waals surface area contributed by atoms with Crippen molar-refractivity contribution in [3.63, 3.8) is 0 Å². The fourth-order valence-corrected chi connectivity index (χ4v) is 6.50. The van der Waals surface area contributed by atoms with E-state index in [9.17, 15) is 9.59 Å². The fraction of sp³-hybridized carbons (Fsp3) is 0.735. The molecular formula is C34H56N6O3. The van der Waals surface area contributed by atoms with E-state index in [2.05, 4.69) is 46.3 Å². The van der Waals surface area contributed by atoms with Crippen molar-refractivity contribution < 1.29 is 14.3 Å². The average molecular weight is 597 g/mol. The number of aromatic amines is 1. The summed E-state index contributed by atoms with van der Waals surface area (Å²) in [4.78, 5) is 37.5. The maximum absolute atomic E-state index is 12.6. The Kier molecular flexibility index (Phi) is 11.5. The third-order valence-electron chi connectivity index (χ3n) is 8.96. The van der Waals surface area contributed by atoms with Crippen LogP contribution in [0.4, 0.5) is 4.79 Å². The number of carbonyl (C=O) groups excluding carboxylic acids is 2. The first-order chi connectivity index (χ1) is 20.4. The Morgan fingerprint density at radius 2 is 1.77 bits per heavy atom. The molecule has 3 aliphatic heterocycles. The zero-order chi connectivity index (χ0) is 31.0. The maximum Gasteiger partial charge on any atom is 0.410 e. The summed E-state index contributed by atoms with van der Waals surface area (Å²) in [6, 6.07) is 5.73. The molecule has 3 saturated heterocycles. The summed E-state index contributed by atoms with van der Waals surface area (Å²) in [5, 5.41) is 6.42. The van der Waals surface area contributed by atoms with Gasteiger partial charge in [0.2, 0.25) is 0 Å². The Balaban J connectivity index is 0.000000197. The lowest BCUT2D eigenvalue weighted by molar-refractivity contribution is -0.0219. The minimum atomic E-state index is -0.416. The van der Waals surface area contributed by atoms with Crippen LogP contribution >= 0.6 is 0 Å². The molecule has 0 bridgehead atoms. The summed E-state index contributed by atoms with van der Waals surface area (Å²) >= 11 is 0. The molecule has 2 amide bonds. The van der Waals surface area contributed by atoms with Crippen LogP contribution in [0.15, 0.2) is 18.2 Å². The average Bonchev–Trinajstić information content (AvgIpc) is 3.42. The van der Waals surface area contributed by atoms with Crippen molar-refractivity contribution >= 4 is 23.0 Å². The number of hydrogen-bond donors (Lipinski definition) is 3. The first-order valence-corrected chi connectivity index (χ1v) is 16.7. The van der Waals surface area contributed by atoms with Gasteiger partial charge in [-0.15, -0.1) is 0 Å². The van der Waals surface area contributed by atoms with Crippen molar-refractivity contribution in [2.45, 2.75) is 110 Å². The highest BCUT2D eigenvalue weighted by molar-refractivity contribution is 6.04. The molecule has 9 heteroatoms. The van der Waals surface area contributed by atoms with E-state index in [1.54, 1.807) is 0 Å². The van der Waals surface area contributed by atoms with Gasteiger partial charge in [0.25, 0.3) is 5.91 Å². The molecule has 43 heavy (non-hydrogen) atoms. The molecule has 5 rings (SSSR count). The number of carbonyl (C=O) groups is 2. The number of amides is 2. The largest absolute Gasteiger partial charge is 0.444 e. The van der Waals surface area contributed by atoms with Crippen molar-refractivity contribution in [3.05, 3.63) is 29.6 Å². The van der Waals surface area contributed by atoms with Crippen LogP contribution in [-0.4, -0.2) is 88.7 Å². The number of aromatic nitrogens is 2. The van der Waals surface area contributed by atoms with Gasteiger partial charge in [0.1, 0.15) is 16.9 Å². The molecule has 3 aliphatic rings. The molecule has 1 aromatic heterocycles. The number of likely N-dealkylation sites (tertiary alicyclic amines) is 2. The number of H-pyrrole nitrogens is 1. The van der Waals surface area contributed by atoms with E-state index < -0.39 is 5.60 Å². The molecule has 2 aromatic rings. The van der Waals surface area contributed by atoms with Gasteiger partial charge < -0.3 is 30.2 Å². The molecule has 1 atom stereocenters. The Bertz CT molecular complexity index is 1190. The second kappa shape index (κ2) is 14.9. The monoisotopic (exact) mass is 596 g/mol. The predicted octanol–water partition coefficient (Wildman–Crippen LogP) is 6.07. The smallest absolute Gasteiger partial charge is 0.410 e. The van der Waals surface area contributed by atoms with E-state index in [1.165, 1.54) is 38.8 Å². The quantitative estimate of drug-likeness (QED) is 0.374. The highest BCUT2D eigenvalue weighted by atomic mass is 16.6. The van der Waals surface area contributed by atoms with Crippen LogP contribution in [0, 0.1) is 5.92 Å². The standard InChI is InChI=1S/C17H24N4O.C17H32N2O2/c1-11(2)16-20-14-5-3-4-13(15(14)21-16)17(22)19-10-12-6-8-18-9-7-12;1-16(2,3)21-15(20)19-13-9-6-10-17(19,4)14-18-11-7-5-8-12-18/h3-5,11-12,18H,6-10H2,1-2H3,(H,19,22)(H,20,21);5-14H2,1-4H3. The highest BCUT2D eigenvalue weighted by Gasteiger charge is 2.40. The fourth-order valence-electron chi connectivity index (χ4n) is 6.50. The van der Waals surface area contributed by atoms with Gasteiger partial charge in [0.05, 0.1) is 16.6 Å². The van der Waals surface area contributed by atoms with Gasteiger partial charge >= 0.3 is 6.09 Å². The number of imidazole rings is 1. The number of nitrogens with zero attached hydrogens (tertiary/aromatic N) is 3. The normalized spacial score (nSPS) is 22.3. The molecular weight excluding hydrogens is 540 g/mol. The van der Waals surface area contributed by atoms with Crippen molar-refractivity contribution in [2.75, 3.05) is 45.8 Å². The van der Waals surface area contributed by atoms with Crippen molar-refractivity contribution in [1.29, 1.82) is 0 Å². The molecule has 9 nitrogen and oxygen atoms in total. The van der Waals surface area contributed by atoms with Crippen LogP contribution in [0.25, 0.3) is 11.0 Å². The van der Waals surface area contributed by atoms with Crippen LogP contribution in [0.3, 0.4) is 0 Å². The number of fused-ring (bicyclic) bond motifs is 1. The predicted molar refractivity (Wildman–Crippen MR) is 174 cm³/mol. The number of ether oxygens (including phenoxy) is 1. The van der Waals surface area contributed by atoms with E-state index >= 15 is 0 Å². The van der Waals surface area contributed by atoms with Crippen LogP contribution in [0.2, 0.25) is 0 Å². The lowest BCUT2D eigenvalue weighted by atomic mass is 9.87. The topological polar surface area (TPSA) is 103 Å². The van der Waals surface area contributed by atoms with E-state index in [-0.39, 0.29) is 17.5 Å². The number of nitrogens with one attached hydrogen (secondary N) is 3. The van der Waals surface area contributed by atoms with Gasteiger partial charge in [-0.3, -0.25) is 4.79 Å². The molecule has 0 radical (unpaired) electrons. The minimum absolute atomic E-state index is 0.0223. The summed E-state index contributed by atoms with van der Waals surface area (Å²) in [5.41, 5.74) is 1.88. The lowest BCUT2D eigenvalue weighted by Crippen LogP contribution is -2.59. The Morgan fingerprint density at radius 3 is 2.44 bits per heavy atom. The second-order valence-corrected chi connectivity index (χ2v) is 14.3. The van der Waals surface area contributed by atoms with Crippen LogP contribution in [-0.2, 0) is 4.74 Å². The van der Waals surface area contributed by atoms with E-state index in [0.29, 0.717) is 17.4 Å². The third-order valence-corrected chi connectivity index (χ3v) is 8.96. The first-order valence-electron chi connectivity index (χ1n) is 16.7. The number of para-hydroxylation sites is 1. The number of rotatable bonds is 6. The highest BCUT2D eigenvalue weighted by Crippen LogP contribution is 2.31. The molecule has 1 aromatic carbocycles. The molecule has 0 spiro atoms. The molecule has 1 unspecified atom stereocenters. The maximum atomic E-state index is 12.6. The molecule has 0 saturated carbocycles. The summed E-state index contributed by atoms with van der Waals surface area (Å²) in [6.07, 6.45) is 9.45. The second-order valence-electron chi connectivity index (χ2n) is 14.3. The number of benzene rings is 1. The van der Waals surface area contributed by atoms with Gasteiger partial charge in [-0.25, -0.2) is 9.78 Å². The van der Waals surface area contributed by atoms with Gasteiger partial charge in [-0.2, -0.15) is 0 Å². The lowest BCUT2D eigenvalue weighted by Gasteiger charge is -2.47. The Labute approximate surface area is 258 Å². The van der Waals surface area contributed by atoms with Crippen molar-refractivity contribution in [2.24, 2.45) is 5.92 Å². The number of hydrogen-bond acceptors (Lipinski definition) is 6. The van der Waals surface area contributed by atoms with Crippen LogP contribution in [0.5, 0.6) is 0 Å². The summed E-state index contributed by atoms with van der Waals surface area (Å²) in [6.45, 7) is 19.3. The molecule has 3 fully saturated rings. The SMILES string of the molecule is CC(C)(C)OC(=O)N1CCCCC1(C)CN1CCCCC1.CC(C)c1nc2c(C(=O)NCC3CCNCC3)cccc2[nH]1. The first kappa shape index (κ1) is 33.2. The number of piperidine rings is 3. The zero-order valence-electron chi connectivity index (χ0n) is 27.6. The van der Waals surface area contributed by atoms with Crippen molar-refractivity contribution in [3.8, 4) is 0 Å². The summed E-state index contributed by atoms with van der Waals surface area (Å²) < 4.78 is 5.63. The van der Waals surface area contributed by atoms with E-state index in [0.717, 1.165) is 75.3 Å². The van der Waals surface area contributed by atoms with Gasteiger partial charge in [0, 0.05) is 25.6 Å². The van der Waals surface area contributed by atoms with Crippen molar-refractivity contribution in [1.82, 2.24) is 30.4 Å².